The smallest absolute Gasteiger partial charge is 0.335 e. The topological polar surface area (TPSA) is 144 Å². The lowest BCUT2D eigenvalue weighted by Crippen LogP contribution is -2.48. The van der Waals surface area contributed by atoms with Gasteiger partial charge in [-0.2, -0.15) is 0 Å². The van der Waals surface area contributed by atoms with Gasteiger partial charge >= 0.3 is 5.97 Å². The Morgan fingerprint density at radius 2 is 1.57 bits per heavy atom. The molecule has 6 rings (SSSR count). The second-order valence-corrected chi connectivity index (χ2v) is 14.7. The third-order valence-electron chi connectivity index (χ3n) is 9.42. The molecule has 3 N–H and O–H groups in total. The van der Waals surface area contributed by atoms with Gasteiger partial charge in [-0.05, 0) is 66.4 Å². The number of halogens is 1. The van der Waals surface area contributed by atoms with E-state index < -0.39 is 5.97 Å². The highest BCUT2D eigenvalue weighted by molar-refractivity contribution is 7.17. The van der Waals surface area contributed by atoms with Crippen molar-refractivity contribution in [3.8, 4) is 0 Å². The highest BCUT2D eigenvalue weighted by Gasteiger charge is 2.21. The zero-order chi connectivity index (χ0) is 38.2. The number of hydrogen-bond donors (Lipinski definition) is 3. The minimum absolute atomic E-state index is 0.0387. The Kier molecular flexibility index (Phi) is 12.7. The number of carboxylic acids is 1. The van der Waals surface area contributed by atoms with Crippen molar-refractivity contribution in [3.63, 3.8) is 0 Å². The zero-order valence-corrected chi connectivity index (χ0v) is 32.1. The van der Waals surface area contributed by atoms with Crippen LogP contribution in [0.15, 0.2) is 79.0 Å². The maximum absolute atomic E-state index is 13.1. The number of nitrogens with zero attached hydrogens (tertiary/aromatic N) is 6. The van der Waals surface area contributed by atoms with Crippen LogP contribution in [0.25, 0.3) is 0 Å². The number of carbonyl (C=O) groups is 3. The predicted octanol–water partition coefficient (Wildman–Crippen LogP) is 6.25. The Morgan fingerprint density at radius 3 is 2.20 bits per heavy atom. The quantitative estimate of drug-likeness (QED) is 0.104. The van der Waals surface area contributed by atoms with Gasteiger partial charge in [-0.25, -0.2) is 19.7 Å². The van der Waals surface area contributed by atoms with E-state index in [4.69, 9.17) is 16.6 Å². The van der Waals surface area contributed by atoms with Gasteiger partial charge in [-0.3, -0.25) is 19.4 Å². The average molecular weight is 767 g/mol. The average Bonchev–Trinajstić information content (AvgIpc) is 3.64. The second kappa shape index (κ2) is 17.7. The monoisotopic (exact) mass is 766 g/mol. The summed E-state index contributed by atoms with van der Waals surface area (Å²) in [7, 11) is 1.62. The van der Waals surface area contributed by atoms with Gasteiger partial charge in [0.15, 0.2) is 10.9 Å². The van der Waals surface area contributed by atoms with Crippen LogP contribution < -0.4 is 15.5 Å². The summed E-state index contributed by atoms with van der Waals surface area (Å²) in [5.74, 6) is 0.978. The normalized spacial score (nSPS) is 13.2. The molecule has 0 aliphatic carbocycles. The van der Waals surface area contributed by atoms with Crippen molar-refractivity contribution in [2.24, 2.45) is 0 Å². The molecule has 14 heteroatoms. The highest BCUT2D eigenvalue weighted by atomic mass is 35.5. The molecule has 0 bridgehead atoms. The van der Waals surface area contributed by atoms with E-state index in [2.05, 4.69) is 35.3 Å². The van der Waals surface area contributed by atoms with Gasteiger partial charge in [0.05, 0.1) is 16.6 Å². The first-order valence-electron chi connectivity index (χ1n) is 17.7. The minimum atomic E-state index is -0.944. The summed E-state index contributed by atoms with van der Waals surface area (Å²) in [4.78, 5) is 57.8. The Bertz CT molecular complexity index is 2080. The van der Waals surface area contributed by atoms with Crippen LogP contribution in [0.3, 0.4) is 0 Å². The van der Waals surface area contributed by atoms with Crippen molar-refractivity contribution in [2.45, 2.75) is 33.4 Å². The number of aromatic carboxylic acids is 1. The molecule has 54 heavy (non-hydrogen) atoms. The second-order valence-electron chi connectivity index (χ2n) is 13.3. The zero-order valence-electron chi connectivity index (χ0n) is 30.5. The van der Waals surface area contributed by atoms with E-state index in [9.17, 15) is 19.5 Å². The molecule has 0 saturated carbocycles. The fourth-order valence-corrected chi connectivity index (χ4v) is 7.41. The molecule has 1 amide bonds. The number of ketones is 1. The fraction of sp³-hybridized carbons (Fsp3) is 0.300. The number of aryl methyl sites for hydroxylation is 2. The summed E-state index contributed by atoms with van der Waals surface area (Å²) in [5, 5.41) is 16.4. The van der Waals surface area contributed by atoms with Crippen molar-refractivity contribution < 1.29 is 19.5 Å². The van der Waals surface area contributed by atoms with Crippen molar-refractivity contribution in [1.82, 2.24) is 30.1 Å². The molecule has 0 radical (unpaired) electrons. The molecule has 1 saturated heterocycles. The first kappa shape index (κ1) is 38.5. The largest absolute Gasteiger partial charge is 0.478 e. The van der Waals surface area contributed by atoms with Crippen LogP contribution in [-0.4, -0.2) is 93.8 Å². The first-order valence-corrected chi connectivity index (χ1v) is 18.9. The third-order valence-corrected chi connectivity index (χ3v) is 10.7. The van der Waals surface area contributed by atoms with Crippen LogP contribution in [0.1, 0.15) is 58.5 Å². The molecule has 3 heterocycles. The molecular weight excluding hydrogens is 724 g/mol. The summed E-state index contributed by atoms with van der Waals surface area (Å²) in [5.41, 5.74) is 4.81. The van der Waals surface area contributed by atoms with Crippen LogP contribution in [0.5, 0.6) is 0 Å². The number of aromatic nitrogens is 3. The number of piperazine rings is 1. The number of thiazole rings is 1. The molecular formula is C40H43ClN8O4S. The van der Waals surface area contributed by atoms with Gasteiger partial charge in [0.1, 0.15) is 17.5 Å². The molecule has 0 spiro atoms. The lowest BCUT2D eigenvalue weighted by Gasteiger charge is -2.36. The molecule has 1 fully saturated rings. The molecule has 280 valence electrons. The van der Waals surface area contributed by atoms with Crippen molar-refractivity contribution >= 4 is 57.4 Å². The minimum Gasteiger partial charge on any atom is -0.478 e. The van der Waals surface area contributed by atoms with Gasteiger partial charge in [0, 0.05) is 82.5 Å². The van der Waals surface area contributed by atoms with E-state index in [1.165, 1.54) is 11.3 Å². The SMILES string of the molecule is CNC(=O)c1ccc(CN(CCN2CCN(c3cc(Nc4ncc(C(=O)Cc5c(C)cccc5Cl)s4)nc(C)n3)CC2)Cc2ccc(C(=O)O)cc2)cc1. The molecule has 0 atom stereocenters. The Morgan fingerprint density at radius 1 is 0.907 bits per heavy atom. The Balaban J connectivity index is 1.05. The molecule has 1 aliphatic rings. The Labute approximate surface area is 323 Å². The fourth-order valence-electron chi connectivity index (χ4n) is 6.36. The number of Topliss-reactive ketones (excluding diaryl/α,β-unsaturated/α-hetero) is 1. The molecule has 0 unspecified atom stereocenters. The lowest BCUT2D eigenvalue weighted by molar-refractivity contribution is 0.0696. The van der Waals surface area contributed by atoms with Crippen LogP contribution in [-0.2, 0) is 19.5 Å². The van der Waals surface area contributed by atoms with E-state index in [1.807, 2.05) is 68.4 Å². The molecule has 12 nitrogen and oxygen atoms in total. The number of hydrogen-bond acceptors (Lipinski definition) is 11. The van der Waals surface area contributed by atoms with Crippen LogP contribution in [0.4, 0.5) is 16.8 Å². The number of rotatable bonds is 15. The standard InChI is InChI=1S/C40H43ClN8O4S/c1-26-5-4-6-33(41)32(26)21-34(50)35-23-43-40(54-35)46-36-22-37(45-27(2)44-36)49-19-17-47(18-20-49)15-16-48(25-29-9-13-31(14-10-29)39(52)53)24-28-7-11-30(12-8-28)38(51)42-3/h4-14,22-23H,15-21,24-25H2,1-3H3,(H,42,51)(H,52,53)(H,43,44,45,46). The highest BCUT2D eigenvalue weighted by Crippen LogP contribution is 2.27. The molecule has 2 aromatic heterocycles. The number of carbonyl (C=O) groups excluding carboxylic acids is 2. The van der Waals surface area contributed by atoms with E-state index >= 15 is 0 Å². The molecule has 3 aromatic carbocycles. The lowest BCUT2D eigenvalue weighted by atomic mass is 10.0. The summed E-state index contributed by atoms with van der Waals surface area (Å²) in [6.07, 6.45) is 1.80. The predicted molar refractivity (Wildman–Crippen MR) is 212 cm³/mol. The van der Waals surface area contributed by atoms with E-state index in [0.717, 1.165) is 67.3 Å². The number of nitrogens with one attached hydrogen (secondary N) is 2. The van der Waals surface area contributed by atoms with E-state index in [-0.39, 0.29) is 23.7 Å². The van der Waals surface area contributed by atoms with Crippen molar-refractivity contribution in [1.29, 1.82) is 0 Å². The van der Waals surface area contributed by atoms with Gasteiger partial charge in [-0.15, -0.1) is 0 Å². The van der Waals surface area contributed by atoms with Gasteiger partial charge in [-0.1, -0.05) is 59.3 Å². The van der Waals surface area contributed by atoms with Crippen molar-refractivity contribution in [2.75, 3.05) is 56.5 Å². The summed E-state index contributed by atoms with van der Waals surface area (Å²) in [6, 6.07) is 22.2. The van der Waals surface area contributed by atoms with Crippen LogP contribution in [0, 0.1) is 13.8 Å². The summed E-state index contributed by atoms with van der Waals surface area (Å²) >= 11 is 7.65. The van der Waals surface area contributed by atoms with Crippen LogP contribution in [0.2, 0.25) is 5.02 Å². The maximum atomic E-state index is 13.1. The van der Waals surface area contributed by atoms with Gasteiger partial charge < -0.3 is 20.6 Å². The number of amides is 1. The molecule has 5 aromatic rings. The summed E-state index contributed by atoms with van der Waals surface area (Å²) < 4.78 is 0. The third kappa shape index (κ3) is 10.1. The van der Waals surface area contributed by atoms with E-state index in [0.29, 0.717) is 45.3 Å². The number of anilines is 3. The molecule has 1 aliphatic heterocycles. The summed E-state index contributed by atoms with van der Waals surface area (Å²) in [6.45, 7) is 10.1. The Hall–Kier alpha value is -5.21. The van der Waals surface area contributed by atoms with Crippen LogP contribution >= 0.6 is 22.9 Å². The number of carboxylic acid groups (broad SMARTS) is 1. The van der Waals surface area contributed by atoms with Gasteiger partial charge in [0.25, 0.3) is 5.91 Å². The van der Waals surface area contributed by atoms with E-state index in [1.54, 1.807) is 31.4 Å². The first-order chi connectivity index (χ1) is 26.0. The maximum Gasteiger partial charge on any atom is 0.335 e. The van der Waals surface area contributed by atoms with Gasteiger partial charge in [0.2, 0.25) is 0 Å². The number of benzene rings is 3. The van der Waals surface area contributed by atoms with Crippen molar-refractivity contribution in [3.05, 3.63) is 128 Å².